The van der Waals surface area contributed by atoms with Crippen LogP contribution in [0.2, 0.25) is 0 Å². The average Bonchev–Trinajstić information content (AvgIpc) is 2.96. The highest BCUT2D eigenvalue weighted by atomic mass is 19.2. The zero-order chi connectivity index (χ0) is 28.6. The molecule has 0 bridgehead atoms. The van der Waals surface area contributed by atoms with E-state index >= 15 is 0 Å². The van der Waals surface area contributed by atoms with Crippen LogP contribution in [0.1, 0.15) is 62.0 Å². The summed E-state index contributed by atoms with van der Waals surface area (Å²) in [4.78, 5) is 0. The molecule has 2 aliphatic carbocycles. The van der Waals surface area contributed by atoms with Gasteiger partial charge in [-0.2, -0.15) is 8.78 Å². The van der Waals surface area contributed by atoms with Crippen LogP contribution in [-0.4, -0.2) is 22.9 Å². The van der Waals surface area contributed by atoms with Gasteiger partial charge in [-0.05, 0) is 86.1 Å². The molecule has 40 heavy (non-hydrogen) atoms. The van der Waals surface area contributed by atoms with E-state index in [0.29, 0.717) is 57.1 Å². The zero-order valence-electron chi connectivity index (χ0n) is 21.5. The van der Waals surface area contributed by atoms with Crippen molar-refractivity contribution in [1.82, 2.24) is 0 Å². The van der Waals surface area contributed by atoms with Gasteiger partial charge in [0.15, 0.2) is 34.8 Å². The van der Waals surface area contributed by atoms with Crippen LogP contribution < -0.4 is 0 Å². The summed E-state index contributed by atoms with van der Waals surface area (Å²) in [5.74, 6) is -9.21. The van der Waals surface area contributed by atoms with Crippen molar-refractivity contribution in [1.29, 1.82) is 0 Å². The smallest absolute Gasteiger partial charge is 0.200 e. The third-order valence-electron chi connectivity index (χ3n) is 8.07. The zero-order valence-corrected chi connectivity index (χ0v) is 21.5. The van der Waals surface area contributed by atoms with Crippen LogP contribution >= 0.6 is 0 Å². The molecule has 0 heterocycles. The number of aromatic hydroxyl groups is 2. The third kappa shape index (κ3) is 5.44. The SMILES string of the molecule is Oc1ccc(-c2ccc(C3=CCC(COC4CCC(c5ccc(O)c(F)c5F)CC4)CC3)c(F)c2F)c(F)c1F. The van der Waals surface area contributed by atoms with Crippen molar-refractivity contribution in [3.05, 3.63) is 88.5 Å². The minimum Gasteiger partial charge on any atom is -0.505 e. The van der Waals surface area contributed by atoms with Crippen LogP contribution in [0.5, 0.6) is 11.5 Å². The van der Waals surface area contributed by atoms with Gasteiger partial charge in [0, 0.05) is 16.7 Å². The molecule has 3 nitrogen and oxygen atoms in total. The molecule has 0 aromatic heterocycles. The molecule has 0 spiro atoms. The Balaban J connectivity index is 1.17. The van der Waals surface area contributed by atoms with Crippen molar-refractivity contribution in [2.45, 2.75) is 57.0 Å². The second-order valence-electron chi connectivity index (χ2n) is 10.5. The highest BCUT2D eigenvalue weighted by Gasteiger charge is 2.28. The van der Waals surface area contributed by atoms with Crippen LogP contribution in [0.15, 0.2) is 42.5 Å². The van der Waals surface area contributed by atoms with E-state index in [2.05, 4.69) is 0 Å². The van der Waals surface area contributed by atoms with Gasteiger partial charge in [-0.15, -0.1) is 0 Å². The maximum Gasteiger partial charge on any atom is 0.200 e. The summed E-state index contributed by atoms with van der Waals surface area (Å²) in [6.45, 7) is 0.489. The first-order valence-electron chi connectivity index (χ1n) is 13.3. The van der Waals surface area contributed by atoms with Crippen molar-refractivity contribution >= 4 is 5.57 Å². The number of phenolic OH excluding ortho intramolecular Hbond substituents is 2. The van der Waals surface area contributed by atoms with Crippen molar-refractivity contribution in [3.8, 4) is 22.6 Å². The van der Waals surface area contributed by atoms with Crippen molar-refractivity contribution in [3.63, 3.8) is 0 Å². The standard InChI is InChI=1S/C31H28F6O3/c32-26-20(9-10-22(28(26)34)23-12-14-25(39)31(37)29(23)35)17-3-1-16(2-4-17)15-40-19-7-5-18(6-8-19)21-11-13-24(38)30(36)27(21)33/h3,9-14,16,18-19,38-39H,1-2,4-8,15H2. The number of benzene rings is 3. The van der Waals surface area contributed by atoms with Gasteiger partial charge in [0.05, 0.1) is 12.7 Å². The molecule has 3 aromatic rings. The van der Waals surface area contributed by atoms with Gasteiger partial charge in [0.1, 0.15) is 0 Å². The topological polar surface area (TPSA) is 49.7 Å². The van der Waals surface area contributed by atoms with Gasteiger partial charge in [-0.1, -0.05) is 24.3 Å². The van der Waals surface area contributed by atoms with Crippen LogP contribution in [-0.2, 0) is 4.74 Å². The molecule has 1 atom stereocenters. The second kappa shape index (κ2) is 11.6. The summed E-state index contributed by atoms with van der Waals surface area (Å²) < 4.78 is 91.9. The van der Waals surface area contributed by atoms with E-state index in [4.69, 9.17) is 4.74 Å². The first-order valence-corrected chi connectivity index (χ1v) is 13.3. The normalized spacial score (nSPS) is 21.4. The minimum atomic E-state index is -1.53. The molecule has 3 aromatic carbocycles. The molecule has 2 aliphatic rings. The Morgan fingerprint density at radius 2 is 1.18 bits per heavy atom. The fourth-order valence-corrected chi connectivity index (χ4v) is 5.72. The van der Waals surface area contributed by atoms with Crippen LogP contribution in [0.4, 0.5) is 26.3 Å². The Morgan fingerprint density at radius 1 is 0.625 bits per heavy atom. The van der Waals surface area contributed by atoms with E-state index in [0.717, 1.165) is 12.1 Å². The maximum absolute atomic E-state index is 15.0. The number of rotatable bonds is 6. The lowest BCUT2D eigenvalue weighted by Gasteiger charge is -2.31. The summed E-state index contributed by atoms with van der Waals surface area (Å²) in [5, 5.41) is 18.6. The summed E-state index contributed by atoms with van der Waals surface area (Å²) >= 11 is 0. The van der Waals surface area contributed by atoms with E-state index in [1.54, 1.807) is 0 Å². The molecule has 9 heteroatoms. The maximum atomic E-state index is 15.0. The molecular weight excluding hydrogens is 534 g/mol. The Hall–Kier alpha value is -3.46. The molecule has 0 amide bonds. The van der Waals surface area contributed by atoms with Gasteiger partial charge in [0.25, 0.3) is 0 Å². The van der Waals surface area contributed by atoms with E-state index in [9.17, 15) is 36.6 Å². The van der Waals surface area contributed by atoms with E-state index in [1.165, 1.54) is 24.3 Å². The first-order chi connectivity index (χ1) is 19.2. The minimum absolute atomic E-state index is 0.00383. The van der Waals surface area contributed by atoms with E-state index < -0.39 is 57.5 Å². The molecule has 1 fully saturated rings. The number of allylic oxidation sites excluding steroid dienone is 2. The Labute approximate surface area is 227 Å². The Kier molecular flexibility index (Phi) is 8.12. The predicted octanol–water partition coefficient (Wildman–Crippen LogP) is 8.53. The second-order valence-corrected chi connectivity index (χ2v) is 10.5. The Bertz CT molecular complexity index is 1450. The monoisotopic (exact) mass is 562 g/mol. The first kappa shape index (κ1) is 28.1. The molecule has 2 N–H and O–H groups in total. The van der Waals surface area contributed by atoms with Crippen molar-refractivity contribution in [2.24, 2.45) is 5.92 Å². The lowest BCUT2D eigenvalue weighted by atomic mass is 9.82. The van der Waals surface area contributed by atoms with Crippen LogP contribution in [0.3, 0.4) is 0 Å². The highest BCUT2D eigenvalue weighted by molar-refractivity contribution is 5.72. The lowest BCUT2D eigenvalue weighted by Crippen LogP contribution is -2.24. The van der Waals surface area contributed by atoms with Crippen molar-refractivity contribution < 1.29 is 41.3 Å². The molecule has 0 saturated heterocycles. The van der Waals surface area contributed by atoms with Gasteiger partial charge >= 0.3 is 0 Å². The molecular formula is C31H28F6O3. The lowest BCUT2D eigenvalue weighted by molar-refractivity contribution is 0.00321. The average molecular weight is 563 g/mol. The number of halogens is 6. The molecule has 1 unspecified atom stereocenters. The largest absolute Gasteiger partial charge is 0.505 e. The summed E-state index contributed by atoms with van der Waals surface area (Å²) in [5.41, 5.74) is 0.0447. The third-order valence-corrected chi connectivity index (χ3v) is 8.07. The number of ether oxygens (including phenoxy) is 1. The highest BCUT2D eigenvalue weighted by Crippen LogP contribution is 2.39. The summed E-state index contributed by atoms with van der Waals surface area (Å²) in [6, 6.07) is 7.03. The molecule has 0 aliphatic heterocycles. The number of hydrogen-bond donors (Lipinski definition) is 2. The van der Waals surface area contributed by atoms with Crippen LogP contribution in [0.25, 0.3) is 16.7 Å². The summed E-state index contributed by atoms with van der Waals surface area (Å²) in [7, 11) is 0. The number of phenols is 2. The van der Waals surface area contributed by atoms with Gasteiger partial charge in [-0.3, -0.25) is 0 Å². The van der Waals surface area contributed by atoms with Gasteiger partial charge < -0.3 is 14.9 Å². The Morgan fingerprint density at radius 3 is 1.82 bits per heavy atom. The van der Waals surface area contributed by atoms with E-state index in [-0.39, 0.29) is 29.1 Å². The summed E-state index contributed by atoms with van der Waals surface area (Å²) in [6.07, 6.45) is 6.30. The fourth-order valence-electron chi connectivity index (χ4n) is 5.72. The number of hydrogen-bond acceptors (Lipinski definition) is 3. The molecule has 212 valence electrons. The molecule has 1 saturated carbocycles. The van der Waals surface area contributed by atoms with Gasteiger partial charge in [-0.25, -0.2) is 17.6 Å². The predicted molar refractivity (Wildman–Crippen MR) is 138 cm³/mol. The van der Waals surface area contributed by atoms with E-state index in [1.807, 2.05) is 6.08 Å². The quantitative estimate of drug-likeness (QED) is 0.296. The molecule has 5 rings (SSSR count). The van der Waals surface area contributed by atoms with Crippen LogP contribution in [0, 0.1) is 40.8 Å². The molecule has 0 radical (unpaired) electrons. The van der Waals surface area contributed by atoms with Gasteiger partial charge in [0.2, 0.25) is 11.6 Å². The van der Waals surface area contributed by atoms with Crippen molar-refractivity contribution in [2.75, 3.05) is 6.61 Å². The fraction of sp³-hybridized carbons (Fsp3) is 0.355.